The van der Waals surface area contributed by atoms with Crippen molar-refractivity contribution >= 4 is 16.1 Å². The number of carbonyl (C=O) groups is 1. The maximum absolute atomic E-state index is 10.4. The number of carboxylic acid groups (broad SMARTS) is 1. The molecule has 0 unspecified atom stereocenters. The quantitative estimate of drug-likeness (QED) is 0.507. The first kappa shape index (κ1) is 20.3. The first-order valence-electron chi connectivity index (χ1n) is 7.17. The van der Waals surface area contributed by atoms with Gasteiger partial charge in [-0.3, -0.25) is 4.55 Å². The molecule has 1 aliphatic rings. The third-order valence-electron chi connectivity index (χ3n) is 2.93. The number of quaternary nitrogens is 1. The number of aliphatic carboxylic acids is 1. The van der Waals surface area contributed by atoms with Crippen LogP contribution in [0.5, 0.6) is 0 Å². The molecule has 1 N–H and O–H groups in total. The van der Waals surface area contributed by atoms with Gasteiger partial charge in [-0.05, 0) is 38.9 Å². The van der Waals surface area contributed by atoms with Crippen molar-refractivity contribution < 1.29 is 27.4 Å². The van der Waals surface area contributed by atoms with Crippen molar-refractivity contribution in [3.05, 3.63) is 0 Å². The Bertz CT molecular complexity index is 397. The Morgan fingerprint density at radius 3 is 2.05 bits per heavy atom. The number of piperidine rings is 1. The maximum atomic E-state index is 10.4. The second kappa shape index (κ2) is 9.34. The van der Waals surface area contributed by atoms with Crippen LogP contribution >= 0.6 is 0 Å². The number of hydrogen-bond donors (Lipinski definition) is 1. The Balaban J connectivity index is 0.000000433. The molecule has 0 amide bonds. The number of carbonyl (C=O) groups excluding carboxylic acids is 1. The van der Waals surface area contributed by atoms with Crippen LogP contribution in [0.1, 0.15) is 25.7 Å². The highest BCUT2D eigenvalue weighted by molar-refractivity contribution is 7.85. The lowest BCUT2D eigenvalue weighted by atomic mass is 10.1. The summed E-state index contributed by atoms with van der Waals surface area (Å²) in [6.45, 7) is 3.01. The molecule has 1 aliphatic heterocycles. The van der Waals surface area contributed by atoms with Crippen LogP contribution in [0.3, 0.4) is 0 Å². The van der Waals surface area contributed by atoms with Crippen LogP contribution in [0, 0.1) is 0 Å². The standard InChI is InChI=1S/C8H17NO3S.C5H11NO2/c10-13(11,12)8-4-7-9-5-2-1-3-6-9;1-6(2,3)4-5(7)8/h1-8H2,(H,10,11,12);4H2,1-3H3. The van der Waals surface area contributed by atoms with Gasteiger partial charge >= 0.3 is 0 Å². The normalized spacial score (nSPS) is 17.0. The van der Waals surface area contributed by atoms with E-state index in [9.17, 15) is 18.3 Å². The Morgan fingerprint density at radius 1 is 1.19 bits per heavy atom. The molecule has 0 aromatic rings. The van der Waals surface area contributed by atoms with Gasteiger partial charge in [0.15, 0.2) is 0 Å². The fourth-order valence-electron chi connectivity index (χ4n) is 2.04. The largest absolute Gasteiger partial charge is 0.544 e. The summed E-state index contributed by atoms with van der Waals surface area (Å²) in [4.78, 5) is 12.1. The summed E-state index contributed by atoms with van der Waals surface area (Å²) in [5, 5.41) is 9.89. The molecule has 0 atom stereocenters. The Morgan fingerprint density at radius 2 is 1.71 bits per heavy atom. The first-order chi connectivity index (χ1) is 9.49. The number of carboxylic acids is 1. The lowest BCUT2D eigenvalue weighted by molar-refractivity contribution is -0.864. The van der Waals surface area contributed by atoms with Crippen LogP contribution in [-0.2, 0) is 14.9 Å². The van der Waals surface area contributed by atoms with E-state index >= 15 is 0 Å². The van der Waals surface area contributed by atoms with Gasteiger partial charge in [0.1, 0.15) is 6.54 Å². The molecule has 0 aromatic carbocycles. The van der Waals surface area contributed by atoms with Crippen LogP contribution < -0.4 is 5.11 Å². The van der Waals surface area contributed by atoms with Crippen molar-refractivity contribution in [1.82, 2.24) is 4.90 Å². The van der Waals surface area contributed by atoms with Crippen molar-refractivity contribution in [3.8, 4) is 0 Å². The third kappa shape index (κ3) is 15.5. The lowest BCUT2D eigenvalue weighted by Gasteiger charge is -2.25. The fraction of sp³-hybridized carbons (Fsp3) is 0.923. The van der Waals surface area contributed by atoms with Gasteiger partial charge in [-0.2, -0.15) is 8.42 Å². The predicted octanol–water partition coefficient (Wildman–Crippen LogP) is -0.807. The molecule has 0 aliphatic carbocycles. The Kier molecular flexibility index (Phi) is 9.03. The monoisotopic (exact) mass is 324 g/mol. The molecular weight excluding hydrogens is 296 g/mol. The summed E-state index contributed by atoms with van der Waals surface area (Å²) in [6.07, 6.45) is 4.26. The van der Waals surface area contributed by atoms with E-state index < -0.39 is 16.1 Å². The highest BCUT2D eigenvalue weighted by Crippen LogP contribution is 2.08. The molecular formula is C13H28N2O5S. The van der Waals surface area contributed by atoms with Crippen molar-refractivity contribution in [1.29, 1.82) is 0 Å². The van der Waals surface area contributed by atoms with Crippen LogP contribution in [0.25, 0.3) is 0 Å². The van der Waals surface area contributed by atoms with Crippen molar-refractivity contribution in [3.63, 3.8) is 0 Å². The van der Waals surface area contributed by atoms with E-state index in [4.69, 9.17) is 4.55 Å². The Labute approximate surface area is 127 Å². The third-order valence-corrected chi connectivity index (χ3v) is 3.73. The molecule has 0 radical (unpaired) electrons. The molecule has 1 heterocycles. The summed E-state index contributed by atoms with van der Waals surface area (Å²) in [5.41, 5.74) is 0. The molecule has 0 saturated carbocycles. The number of hydrogen-bond acceptors (Lipinski definition) is 5. The van der Waals surface area contributed by atoms with E-state index in [0.717, 1.165) is 19.6 Å². The molecule has 21 heavy (non-hydrogen) atoms. The summed E-state index contributed by atoms with van der Waals surface area (Å²) in [7, 11) is 1.65. The minimum Gasteiger partial charge on any atom is -0.544 e. The number of likely N-dealkylation sites (N-methyl/N-ethyl adjacent to an activating group) is 1. The van der Waals surface area contributed by atoms with Crippen molar-refractivity contribution in [2.24, 2.45) is 0 Å². The van der Waals surface area contributed by atoms with E-state index in [-0.39, 0.29) is 12.3 Å². The van der Waals surface area contributed by atoms with E-state index in [2.05, 4.69) is 4.90 Å². The SMILES string of the molecule is C[N+](C)(C)CC(=O)[O-].O=S(=O)(O)CCCN1CCCCC1. The van der Waals surface area contributed by atoms with Crippen LogP contribution in [0.15, 0.2) is 0 Å². The van der Waals surface area contributed by atoms with Crippen molar-refractivity contribution in [2.45, 2.75) is 25.7 Å². The highest BCUT2D eigenvalue weighted by atomic mass is 32.2. The van der Waals surface area contributed by atoms with Crippen LogP contribution in [-0.4, -0.2) is 81.4 Å². The van der Waals surface area contributed by atoms with Crippen LogP contribution in [0.2, 0.25) is 0 Å². The first-order valence-corrected chi connectivity index (χ1v) is 8.78. The lowest BCUT2D eigenvalue weighted by Crippen LogP contribution is -2.45. The van der Waals surface area contributed by atoms with E-state index in [1.807, 2.05) is 0 Å². The average molecular weight is 324 g/mol. The zero-order valence-electron chi connectivity index (χ0n) is 13.2. The zero-order valence-corrected chi connectivity index (χ0v) is 14.1. The molecule has 0 aromatic heterocycles. The van der Waals surface area contributed by atoms with Crippen LogP contribution in [0.4, 0.5) is 0 Å². The molecule has 0 bridgehead atoms. The molecule has 1 fully saturated rings. The molecule has 8 heteroatoms. The van der Waals surface area contributed by atoms with Gasteiger partial charge in [-0.15, -0.1) is 0 Å². The summed E-state index contributed by atoms with van der Waals surface area (Å²) in [5.74, 6) is -1.11. The maximum Gasteiger partial charge on any atom is 0.264 e. The second-order valence-corrected chi connectivity index (χ2v) is 7.93. The van der Waals surface area contributed by atoms with Crippen molar-refractivity contribution in [2.75, 3.05) is 53.1 Å². The second-order valence-electron chi connectivity index (χ2n) is 6.36. The van der Waals surface area contributed by atoms with Gasteiger partial charge in [0.2, 0.25) is 0 Å². The average Bonchev–Trinajstić information content (AvgIpc) is 2.26. The van der Waals surface area contributed by atoms with E-state index in [0.29, 0.717) is 10.9 Å². The van der Waals surface area contributed by atoms with Gasteiger partial charge in [-0.1, -0.05) is 6.42 Å². The summed E-state index contributed by atoms with van der Waals surface area (Å²) >= 11 is 0. The number of nitrogens with zero attached hydrogens (tertiary/aromatic N) is 2. The number of rotatable bonds is 6. The van der Waals surface area contributed by atoms with Gasteiger partial charge in [0, 0.05) is 0 Å². The zero-order chi connectivity index (χ0) is 16.5. The van der Waals surface area contributed by atoms with Gasteiger partial charge in [0.25, 0.3) is 10.1 Å². The topological polar surface area (TPSA) is 97.7 Å². The minimum atomic E-state index is -3.75. The summed E-state index contributed by atoms with van der Waals surface area (Å²) in [6, 6.07) is 0. The number of likely N-dealkylation sites (tertiary alicyclic amines) is 1. The van der Waals surface area contributed by atoms with Gasteiger partial charge in [-0.25, -0.2) is 0 Å². The van der Waals surface area contributed by atoms with E-state index in [1.54, 1.807) is 21.1 Å². The minimum absolute atomic E-state index is 0.0694. The smallest absolute Gasteiger partial charge is 0.264 e. The Hall–Kier alpha value is -0.700. The molecule has 1 rings (SSSR count). The fourth-order valence-corrected chi connectivity index (χ4v) is 2.53. The predicted molar refractivity (Wildman–Crippen MR) is 79.2 cm³/mol. The molecule has 7 nitrogen and oxygen atoms in total. The molecule has 0 spiro atoms. The molecule has 126 valence electrons. The van der Waals surface area contributed by atoms with Gasteiger partial charge < -0.3 is 19.3 Å². The highest BCUT2D eigenvalue weighted by Gasteiger charge is 2.11. The van der Waals surface area contributed by atoms with Gasteiger partial charge in [0.05, 0.1) is 32.9 Å². The summed E-state index contributed by atoms with van der Waals surface area (Å²) < 4.78 is 29.7. The van der Waals surface area contributed by atoms with E-state index in [1.165, 1.54) is 19.3 Å². The molecule has 1 saturated heterocycles.